The summed E-state index contributed by atoms with van der Waals surface area (Å²) in [6.07, 6.45) is 12.3. The number of rotatable bonds is 9. The molecule has 1 aromatic rings. The Kier molecular flexibility index (Phi) is 11.8. The zero-order valence-electron chi connectivity index (χ0n) is 19.3. The molecule has 2 aliphatic carbocycles. The van der Waals surface area contributed by atoms with Gasteiger partial charge in [0.1, 0.15) is 5.75 Å². The molecule has 7 heteroatoms. The predicted molar refractivity (Wildman–Crippen MR) is 137 cm³/mol. The Morgan fingerprint density at radius 3 is 2.38 bits per heavy atom. The largest absolute Gasteiger partial charge is 0.497 e. The van der Waals surface area contributed by atoms with E-state index in [1.165, 1.54) is 32.1 Å². The molecule has 1 amide bonds. The zero-order chi connectivity index (χ0) is 22.1. The quantitative estimate of drug-likeness (QED) is 0.437. The van der Waals surface area contributed by atoms with Crippen LogP contribution in [-0.2, 0) is 11.3 Å². The van der Waals surface area contributed by atoms with E-state index in [1.807, 2.05) is 24.3 Å². The predicted octanol–water partition coefficient (Wildman–Crippen LogP) is 4.90. The van der Waals surface area contributed by atoms with Crippen LogP contribution in [0.4, 0.5) is 0 Å². The van der Waals surface area contributed by atoms with Gasteiger partial charge < -0.3 is 21.1 Å². The summed E-state index contributed by atoms with van der Waals surface area (Å²) in [5.74, 6) is 1.83. The lowest BCUT2D eigenvalue weighted by Crippen LogP contribution is -2.48. The molecule has 0 heterocycles. The molecule has 2 fully saturated rings. The number of ether oxygens (including phenoxy) is 1. The lowest BCUT2D eigenvalue weighted by Gasteiger charge is -2.29. The molecule has 1 atom stereocenters. The molecule has 4 N–H and O–H groups in total. The van der Waals surface area contributed by atoms with Gasteiger partial charge in [0.25, 0.3) is 0 Å². The van der Waals surface area contributed by atoms with Gasteiger partial charge in [-0.1, -0.05) is 56.5 Å². The Labute approximate surface area is 205 Å². The van der Waals surface area contributed by atoms with Gasteiger partial charge in [-0.15, -0.1) is 12.4 Å². The molecule has 2 saturated carbocycles. The van der Waals surface area contributed by atoms with Crippen molar-refractivity contribution in [1.82, 2.24) is 10.6 Å². The summed E-state index contributed by atoms with van der Waals surface area (Å²) in [7, 11) is 1.67. The first-order valence-electron chi connectivity index (χ1n) is 12.0. The fraction of sp³-hybridized carbons (Fsp3) is 0.680. The first kappa shape index (κ1) is 26.9. The number of hydrogen-bond donors (Lipinski definition) is 3. The van der Waals surface area contributed by atoms with E-state index in [9.17, 15) is 4.79 Å². The minimum Gasteiger partial charge on any atom is -0.497 e. The Balaban J connectivity index is 0.00000363. The second kappa shape index (κ2) is 14.0. The van der Waals surface area contributed by atoms with Crippen molar-refractivity contribution in [3.8, 4) is 5.75 Å². The second-order valence-electron chi connectivity index (χ2n) is 9.32. The van der Waals surface area contributed by atoms with E-state index in [1.54, 1.807) is 7.11 Å². The molecule has 5 nitrogen and oxygen atoms in total. The van der Waals surface area contributed by atoms with Crippen LogP contribution in [0, 0.1) is 11.8 Å². The van der Waals surface area contributed by atoms with Gasteiger partial charge in [0.2, 0.25) is 5.91 Å². The fourth-order valence-corrected chi connectivity index (χ4v) is 5.12. The lowest BCUT2D eigenvalue weighted by atomic mass is 9.84. The smallest absolute Gasteiger partial charge is 0.223 e. The maximum atomic E-state index is 13.0. The summed E-state index contributed by atoms with van der Waals surface area (Å²) in [6, 6.07) is 8.13. The van der Waals surface area contributed by atoms with Gasteiger partial charge in [-0.2, -0.15) is 0 Å². The van der Waals surface area contributed by atoms with E-state index < -0.39 is 0 Å². The fourth-order valence-electron chi connectivity index (χ4n) is 4.87. The van der Waals surface area contributed by atoms with Crippen molar-refractivity contribution in [2.24, 2.45) is 17.6 Å². The van der Waals surface area contributed by atoms with E-state index in [-0.39, 0.29) is 36.3 Å². The Bertz CT molecular complexity index is 702. The molecule has 0 aromatic heterocycles. The molecule has 0 aliphatic heterocycles. The number of halogens is 1. The van der Waals surface area contributed by atoms with Gasteiger partial charge in [0, 0.05) is 18.5 Å². The summed E-state index contributed by atoms with van der Waals surface area (Å²) in [5, 5.41) is 6.69. The molecular formula is C25H40ClN3O2S. The molecule has 1 aromatic carbocycles. The first-order chi connectivity index (χ1) is 15.0. The molecule has 2 aliphatic rings. The van der Waals surface area contributed by atoms with Gasteiger partial charge in [0.15, 0.2) is 0 Å². The van der Waals surface area contributed by atoms with E-state index in [2.05, 4.69) is 10.6 Å². The maximum absolute atomic E-state index is 13.0. The van der Waals surface area contributed by atoms with E-state index >= 15 is 0 Å². The van der Waals surface area contributed by atoms with E-state index in [0.29, 0.717) is 6.54 Å². The first-order valence-corrected chi connectivity index (χ1v) is 12.4. The standard InChI is InChI=1S/C25H39N3O2S.ClH/c1-30-22-14-7-19(8-15-22)17-27-25(31)23(16-9-18-5-3-2-4-6-18)28-24(29)20-10-12-21(26)13-11-20;/h7-8,14-15,18,20-21,23H,2-6,9-13,16-17,26H2,1H3,(H,27,31)(H,28,29);1H/t20?,21?,23-;/m1./s1. The molecule has 0 spiro atoms. The molecule has 0 saturated heterocycles. The maximum Gasteiger partial charge on any atom is 0.223 e. The van der Waals surface area contributed by atoms with Crippen molar-refractivity contribution >= 4 is 35.5 Å². The Hall–Kier alpha value is -1.37. The van der Waals surface area contributed by atoms with E-state index in [0.717, 1.165) is 60.7 Å². The summed E-state index contributed by atoms with van der Waals surface area (Å²) < 4.78 is 5.23. The summed E-state index contributed by atoms with van der Waals surface area (Å²) in [4.78, 5) is 13.7. The highest BCUT2D eigenvalue weighted by atomic mass is 35.5. The number of nitrogens with two attached hydrogens (primary N) is 1. The average Bonchev–Trinajstić information content (AvgIpc) is 2.81. The number of benzene rings is 1. The zero-order valence-corrected chi connectivity index (χ0v) is 20.9. The highest BCUT2D eigenvalue weighted by Gasteiger charge is 2.28. The van der Waals surface area contributed by atoms with Gasteiger partial charge in [0.05, 0.1) is 18.1 Å². The number of thiocarbonyl (C=S) groups is 1. The highest BCUT2D eigenvalue weighted by molar-refractivity contribution is 7.80. The second-order valence-corrected chi connectivity index (χ2v) is 9.76. The van der Waals surface area contributed by atoms with Crippen LogP contribution in [0.1, 0.15) is 76.2 Å². The van der Waals surface area contributed by atoms with Crippen LogP contribution in [-0.4, -0.2) is 30.1 Å². The number of carbonyl (C=O) groups is 1. The number of methoxy groups -OCH3 is 1. The van der Waals surface area contributed by atoms with Crippen molar-refractivity contribution in [2.75, 3.05) is 7.11 Å². The number of amides is 1. The minimum absolute atomic E-state index is 0. The van der Waals surface area contributed by atoms with Crippen molar-refractivity contribution in [2.45, 2.75) is 89.3 Å². The van der Waals surface area contributed by atoms with Crippen LogP contribution in [0.5, 0.6) is 5.75 Å². The third kappa shape index (κ3) is 8.53. The number of carbonyl (C=O) groups excluding carboxylic acids is 1. The SMILES string of the molecule is COc1ccc(CNC(=S)[C@@H](CCC2CCCCC2)NC(=O)C2CCC(N)CC2)cc1.Cl. The van der Waals surface area contributed by atoms with E-state index in [4.69, 9.17) is 22.7 Å². The summed E-state index contributed by atoms with van der Waals surface area (Å²) in [5.41, 5.74) is 7.16. The van der Waals surface area contributed by atoms with Crippen molar-refractivity contribution in [3.05, 3.63) is 29.8 Å². The van der Waals surface area contributed by atoms with Crippen molar-refractivity contribution in [3.63, 3.8) is 0 Å². The van der Waals surface area contributed by atoms with Crippen LogP contribution < -0.4 is 21.1 Å². The third-order valence-electron chi connectivity index (χ3n) is 6.99. The minimum atomic E-state index is -0.0988. The normalized spacial score (nSPS) is 22.3. The Morgan fingerprint density at radius 2 is 1.75 bits per heavy atom. The van der Waals surface area contributed by atoms with Crippen molar-refractivity contribution in [1.29, 1.82) is 0 Å². The molecule has 0 unspecified atom stereocenters. The van der Waals surface area contributed by atoms with Crippen LogP contribution in [0.3, 0.4) is 0 Å². The summed E-state index contributed by atoms with van der Waals surface area (Å²) >= 11 is 5.76. The lowest BCUT2D eigenvalue weighted by molar-refractivity contribution is -0.126. The van der Waals surface area contributed by atoms with Crippen molar-refractivity contribution < 1.29 is 9.53 Å². The van der Waals surface area contributed by atoms with Gasteiger partial charge >= 0.3 is 0 Å². The Morgan fingerprint density at radius 1 is 1.09 bits per heavy atom. The molecule has 180 valence electrons. The molecule has 0 bridgehead atoms. The number of hydrogen-bond acceptors (Lipinski definition) is 4. The topological polar surface area (TPSA) is 76.4 Å². The summed E-state index contributed by atoms with van der Waals surface area (Å²) in [6.45, 7) is 0.650. The van der Waals surface area contributed by atoms with Crippen LogP contribution in [0.2, 0.25) is 0 Å². The highest BCUT2D eigenvalue weighted by Crippen LogP contribution is 2.28. The van der Waals surface area contributed by atoms with Crippen LogP contribution in [0.25, 0.3) is 0 Å². The van der Waals surface area contributed by atoms with Gasteiger partial charge in [-0.25, -0.2) is 0 Å². The monoisotopic (exact) mass is 481 g/mol. The van der Waals surface area contributed by atoms with Gasteiger partial charge in [-0.3, -0.25) is 4.79 Å². The molecular weight excluding hydrogens is 442 g/mol. The molecule has 32 heavy (non-hydrogen) atoms. The average molecular weight is 482 g/mol. The van der Waals surface area contributed by atoms with Gasteiger partial charge in [-0.05, 0) is 62.1 Å². The molecule has 0 radical (unpaired) electrons. The van der Waals surface area contributed by atoms with Crippen LogP contribution >= 0.6 is 24.6 Å². The number of nitrogens with one attached hydrogen (secondary N) is 2. The third-order valence-corrected chi connectivity index (χ3v) is 7.42. The van der Waals surface area contributed by atoms with Crippen LogP contribution in [0.15, 0.2) is 24.3 Å². The molecule has 3 rings (SSSR count).